The van der Waals surface area contributed by atoms with Crippen LogP contribution in [-0.2, 0) is 17.2 Å². The van der Waals surface area contributed by atoms with Crippen molar-refractivity contribution in [1.29, 1.82) is 0 Å². The molecule has 0 saturated heterocycles. The summed E-state index contributed by atoms with van der Waals surface area (Å²) >= 11 is 7.34. The van der Waals surface area contributed by atoms with Crippen LogP contribution >= 0.6 is 22.9 Å². The molecule has 2 rings (SSSR count). The van der Waals surface area contributed by atoms with Gasteiger partial charge in [-0.15, -0.1) is 22.9 Å². The first-order valence-corrected chi connectivity index (χ1v) is 6.33. The fourth-order valence-corrected chi connectivity index (χ4v) is 2.47. The number of benzene rings is 1. The largest absolute Gasteiger partial charge is 0.380 e. The van der Waals surface area contributed by atoms with Crippen LogP contribution < -0.4 is 0 Å². The summed E-state index contributed by atoms with van der Waals surface area (Å²) in [5.74, 6) is 0.470. The van der Waals surface area contributed by atoms with Gasteiger partial charge in [0, 0.05) is 18.1 Å². The van der Waals surface area contributed by atoms with Crippen LogP contribution in [0.4, 0.5) is 0 Å². The molecule has 0 aliphatic carbocycles. The minimum absolute atomic E-state index is 0.470. The lowest BCUT2D eigenvalue weighted by Gasteiger charge is -2.00. The van der Waals surface area contributed by atoms with Gasteiger partial charge in [0.15, 0.2) is 0 Å². The summed E-state index contributed by atoms with van der Waals surface area (Å²) in [6.07, 6.45) is 0. The number of aromatic nitrogens is 1. The lowest BCUT2D eigenvalue weighted by Crippen LogP contribution is -1.87. The first-order chi connectivity index (χ1) is 7.83. The van der Waals surface area contributed by atoms with E-state index in [4.69, 9.17) is 16.3 Å². The molecule has 0 amide bonds. The van der Waals surface area contributed by atoms with Crippen LogP contribution in [0.15, 0.2) is 29.6 Å². The molecule has 0 aliphatic heterocycles. The predicted molar refractivity (Wildman–Crippen MR) is 67.8 cm³/mol. The van der Waals surface area contributed by atoms with Gasteiger partial charge in [-0.2, -0.15) is 0 Å². The monoisotopic (exact) mass is 253 g/mol. The number of nitrogens with zero attached hydrogens (tertiary/aromatic N) is 1. The van der Waals surface area contributed by atoms with E-state index in [2.05, 4.69) is 29.2 Å². The first kappa shape index (κ1) is 11.6. The van der Waals surface area contributed by atoms with E-state index in [-0.39, 0.29) is 0 Å². The van der Waals surface area contributed by atoms with Gasteiger partial charge in [0.05, 0.1) is 18.2 Å². The van der Waals surface area contributed by atoms with Crippen molar-refractivity contribution < 1.29 is 4.74 Å². The Labute approximate surface area is 104 Å². The summed E-state index contributed by atoms with van der Waals surface area (Å²) in [6, 6.07) is 8.23. The highest BCUT2D eigenvalue weighted by Crippen LogP contribution is 2.24. The third-order valence-electron chi connectivity index (χ3n) is 2.20. The van der Waals surface area contributed by atoms with Gasteiger partial charge in [-0.25, -0.2) is 4.98 Å². The van der Waals surface area contributed by atoms with Crippen molar-refractivity contribution >= 4 is 22.9 Å². The second kappa shape index (κ2) is 5.43. The van der Waals surface area contributed by atoms with E-state index in [1.54, 1.807) is 18.4 Å². The van der Waals surface area contributed by atoms with Gasteiger partial charge in [0.2, 0.25) is 0 Å². The van der Waals surface area contributed by atoms with Gasteiger partial charge in [0.25, 0.3) is 0 Å². The fourth-order valence-electron chi connectivity index (χ4n) is 1.41. The molecule has 0 spiro atoms. The zero-order valence-corrected chi connectivity index (χ0v) is 10.5. The number of ether oxygens (including phenoxy) is 1. The minimum atomic E-state index is 0.470. The average Bonchev–Trinajstić information content (AvgIpc) is 2.79. The summed E-state index contributed by atoms with van der Waals surface area (Å²) in [7, 11) is 1.70. The molecule has 2 nitrogen and oxygen atoms in total. The molecule has 4 heteroatoms. The molecule has 1 aromatic heterocycles. The number of hydrogen-bond acceptors (Lipinski definition) is 3. The Kier molecular flexibility index (Phi) is 3.93. The van der Waals surface area contributed by atoms with Crippen molar-refractivity contribution in [2.24, 2.45) is 0 Å². The molecule has 0 atom stereocenters. The molecular formula is C12H12ClNOS. The lowest BCUT2D eigenvalue weighted by atomic mass is 10.1. The molecule has 16 heavy (non-hydrogen) atoms. The standard InChI is InChI=1S/C12H12ClNOS/c1-15-7-9-2-4-10(5-3-9)12-14-11(6-13)8-16-12/h2-5,8H,6-7H2,1H3. The molecule has 0 unspecified atom stereocenters. The van der Waals surface area contributed by atoms with Crippen molar-refractivity contribution in [2.75, 3.05) is 7.11 Å². The van der Waals surface area contributed by atoms with Gasteiger partial charge >= 0.3 is 0 Å². The van der Waals surface area contributed by atoms with Gasteiger partial charge in [-0.3, -0.25) is 0 Å². The molecular weight excluding hydrogens is 242 g/mol. The van der Waals surface area contributed by atoms with E-state index in [1.165, 1.54) is 5.56 Å². The van der Waals surface area contributed by atoms with Crippen LogP contribution in [0, 0.1) is 0 Å². The Morgan fingerprint density at radius 1 is 1.31 bits per heavy atom. The smallest absolute Gasteiger partial charge is 0.123 e. The molecule has 0 N–H and O–H groups in total. The molecule has 0 aliphatic rings. The Hall–Kier alpha value is -0.900. The third-order valence-corrected chi connectivity index (χ3v) is 3.41. The molecule has 0 fully saturated rings. The summed E-state index contributed by atoms with van der Waals surface area (Å²) in [5.41, 5.74) is 3.23. The highest BCUT2D eigenvalue weighted by atomic mass is 35.5. The molecule has 84 valence electrons. The second-order valence-corrected chi connectivity index (χ2v) is 4.53. The van der Waals surface area contributed by atoms with E-state index >= 15 is 0 Å². The summed E-state index contributed by atoms with van der Waals surface area (Å²) in [5, 5.41) is 3.01. The third kappa shape index (κ3) is 2.61. The molecule has 0 radical (unpaired) electrons. The Morgan fingerprint density at radius 3 is 2.62 bits per heavy atom. The van der Waals surface area contributed by atoms with Crippen molar-refractivity contribution in [1.82, 2.24) is 4.98 Å². The Bertz CT molecular complexity index is 452. The van der Waals surface area contributed by atoms with E-state index in [9.17, 15) is 0 Å². The predicted octanol–water partition coefficient (Wildman–Crippen LogP) is 3.70. The number of alkyl halides is 1. The molecule has 1 aromatic carbocycles. The molecule has 0 saturated carbocycles. The van der Waals surface area contributed by atoms with Crippen molar-refractivity contribution in [3.63, 3.8) is 0 Å². The number of hydrogen-bond donors (Lipinski definition) is 0. The lowest BCUT2D eigenvalue weighted by molar-refractivity contribution is 0.185. The van der Waals surface area contributed by atoms with Crippen molar-refractivity contribution in [2.45, 2.75) is 12.5 Å². The highest BCUT2D eigenvalue weighted by Gasteiger charge is 2.03. The molecule has 1 heterocycles. The average molecular weight is 254 g/mol. The van der Waals surface area contributed by atoms with E-state index in [0.29, 0.717) is 12.5 Å². The zero-order valence-electron chi connectivity index (χ0n) is 8.94. The zero-order chi connectivity index (χ0) is 11.4. The summed E-state index contributed by atoms with van der Waals surface area (Å²) < 4.78 is 5.06. The maximum absolute atomic E-state index is 5.72. The van der Waals surface area contributed by atoms with E-state index in [1.807, 2.05) is 5.38 Å². The highest BCUT2D eigenvalue weighted by molar-refractivity contribution is 7.13. The van der Waals surface area contributed by atoms with Crippen molar-refractivity contribution in [3.8, 4) is 10.6 Å². The maximum Gasteiger partial charge on any atom is 0.123 e. The van der Waals surface area contributed by atoms with Crippen LogP contribution in [0.5, 0.6) is 0 Å². The first-order valence-electron chi connectivity index (χ1n) is 4.92. The van der Waals surface area contributed by atoms with Crippen LogP contribution in [0.1, 0.15) is 11.3 Å². The second-order valence-electron chi connectivity index (χ2n) is 3.41. The molecule has 0 bridgehead atoms. The van der Waals surface area contributed by atoms with Gasteiger partial charge in [-0.1, -0.05) is 24.3 Å². The van der Waals surface area contributed by atoms with Gasteiger partial charge < -0.3 is 4.74 Å². The van der Waals surface area contributed by atoms with Crippen LogP contribution in [-0.4, -0.2) is 12.1 Å². The van der Waals surface area contributed by atoms with Crippen molar-refractivity contribution in [3.05, 3.63) is 40.9 Å². The van der Waals surface area contributed by atoms with Crippen LogP contribution in [0.25, 0.3) is 10.6 Å². The number of halogens is 1. The SMILES string of the molecule is COCc1ccc(-c2nc(CCl)cs2)cc1. The Balaban J connectivity index is 2.20. The topological polar surface area (TPSA) is 22.1 Å². The quantitative estimate of drug-likeness (QED) is 0.776. The van der Waals surface area contributed by atoms with Gasteiger partial charge in [0.1, 0.15) is 5.01 Å². The van der Waals surface area contributed by atoms with E-state index < -0.39 is 0 Å². The van der Waals surface area contributed by atoms with Gasteiger partial charge in [-0.05, 0) is 5.56 Å². The summed E-state index contributed by atoms with van der Waals surface area (Å²) in [6.45, 7) is 0.644. The number of thiazole rings is 1. The van der Waals surface area contributed by atoms with Crippen LogP contribution in [0.2, 0.25) is 0 Å². The fraction of sp³-hybridized carbons (Fsp3) is 0.250. The number of methoxy groups -OCH3 is 1. The minimum Gasteiger partial charge on any atom is -0.380 e. The Morgan fingerprint density at radius 2 is 2.06 bits per heavy atom. The molecule has 2 aromatic rings. The maximum atomic E-state index is 5.72. The normalized spacial score (nSPS) is 10.6. The number of rotatable bonds is 4. The van der Waals surface area contributed by atoms with E-state index in [0.717, 1.165) is 16.3 Å². The van der Waals surface area contributed by atoms with Crippen LogP contribution in [0.3, 0.4) is 0 Å². The summed E-state index contributed by atoms with van der Waals surface area (Å²) in [4.78, 5) is 4.43.